The second-order valence-electron chi connectivity index (χ2n) is 6.56. The van der Waals surface area contributed by atoms with Crippen LogP contribution in [0.15, 0.2) is 39.3 Å². The molecule has 2 rings (SSSR count). The van der Waals surface area contributed by atoms with Crippen molar-refractivity contribution in [2.24, 2.45) is 0 Å². The Morgan fingerprint density at radius 2 is 1.89 bits per heavy atom. The van der Waals surface area contributed by atoms with E-state index in [0.29, 0.717) is 42.3 Å². The Morgan fingerprint density at radius 3 is 2.50 bits per heavy atom. The number of hydrogen-bond acceptors (Lipinski definition) is 5. The van der Waals surface area contributed by atoms with E-state index in [2.05, 4.69) is 51.0 Å². The predicted molar refractivity (Wildman–Crippen MR) is 120 cm³/mol. The number of benzene rings is 2. The van der Waals surface area contributed by atoms with Gasteiger partial charge in [-0.05, 0) is 59.3 Å². The molecular weight excluding hydrogens is 510 g/mol. The van der Waals surface area contributed by atoms with Crippen molar-refractivity contribution in [3.63, 3.8) is 0 Å². The summed E-state index contributed by atoms with van der Waals surface area (Å²) in [5, 5.41) is 12.7. The minimum Gasteiger partial charge on any atom is -0.508 e. The summed E-state index contributed by atoms with van der Waals surface area (Å²) in [6.45, 7) is 4.40. The fourth-order valence-electron chi connectivity index (χ4n) is 2.65. The first kappa shape index (κ1) is 23.1. The van der Waals surface area contributed by atoms with Gasteiger partial charge in [-0.25, -0.2) is 0 Å². The van der Waals surface area contributed by atoms with Crippen LogP contribution in [-0.4, -0.2) is 34.5 Å². The van der Waals surface area contributed by atoms with Crippen molar-refractivity contribution in [1.82, 2.24) is 5.32 Å². The lowest BCUT2D eigenvalue weighted by Crippen LogP contribution is -2.30. The zero-order valence-electron chi connectivity index (χ0n) is 15.7. The summed E-state index contributed by atoms with van der Waals surface area (Å²) < 4.78 is 15.9. The van der Waals surface area contributed by atoms with Crippen molar-refractivity contribution < 1.29 is 19.2 Å². The number of amides is 1. The van der Waals surface area contributed by atoms with Crippen molar-refractivity contribution in [2.75, 3.05) is 18.9 Å². The van der Waals surface area contributed by atoms with E-state index in [-0.39, 0.29) is 18.4 Å². The highest BCUT2D eigenvalue weighted by Crippen LogP contribution is 2.34. The molecule has 0 aliphatic rings. The van der Waals surface area contributed by atoms with Gasteiger partial charge in [-0.2, -0.15) is 0 Å². The molecule has 0 heterocycles. The standard InChI is InChI=1S/C20H23Br2NO4S/c1-12(2)15-7-13(3-4-19(15)24)8-16-17(21)9-14(10-18(16)22)27-11-20(25)23-5-6-28-26/h3-4,7,9-10,12,24,26H,5-6,8,11H2,1-2H3,(H,23,25). The third-order valence-corrected chi connectivity index (χ3v) is 5.90. The Labute approximate surface area is 186 Å². The maximum Gasteiger partial charge on any atom is 0.257 e. The first-order chi connectivity index (χ1) is 13.3. The molecule has 5 nitrogen and oxygen atoms in total. The molecule has 0 atom stereocenters. The highest BCUT2D eigenvalue weighted by atomic mass is 79.9. The molecule has 1 amide bonds. The molecule has 3 N–H and O–H groups in total. The molecule has 0 bridgehead atoms. The monoisotopic (exact) mass is 531 g/mol. The lowest BCUT2D eigenvalue weighted by molar-refractivity contribution is -0.122. The first-order valence-electron chi connectivity index (χ1n) is 8.77. The van der Waals surface area contributed by atoms with Crippen LogP contribution in [0.25, 0.3) is 0 Å². The highest BCUT2D eigenvalue weighted by molar-refractivity contribution is 9.11. The van der Waals surface area contributed by atoms with Gasteiger partial charge in [-0.1, -0.05) is 57.8 Å². The fourth-order valence-corrected chi connectivity index (χ4v) is 4.27. The van der Waals surface area contributed by atoms with Crippen LogP contribution in [0.3, 0.4) is 0 Å². The third kappa shape index (κ3) is 6.69. The average Bonchev–Trinajstić information content (AvgIpc) is 2.64. The molecule has 0 spiro atoms. The zero-order valence-corrected chi connectivity index (χ0v) is 19.7. The van der Waals surface area contributed by atoms with Gasteiger partial charge in [0.15, 0.2) is 6.61 Å². The van der Waals surface area contributed by atoms with Crippen LogP contribution in [0.5, 0.6) is 11.5 Å². The van der Waals surface area contributed by atoms with E-state index in [4.69, 9.17) is 9.29 Å². The number of phenolic OH excluding ortho intramolecular Hbond substituents is 1. The van der Waals surface area contributed by atoms with Crippen molar-refractivity contribution in [3.8, 4) is 11.5 Å². The molecule has 8 heteroatoms. The molecule has 0 aromatic heterocycles. The summed E-state index contributed by atoms with van der Waals surface area (Å²) in [6, 6.07) is 9.34. The van der Waals surface area contributed by atoms with Crippen LogP contribution < -0.4 is 10.1 Å². The smallest absolute Gasteiger partial charge is 0.257 e. The van der Waals surface area contributed by atoms with Crippen LogP contribution in [-0.2, 0) is 11.2 Å². The Hall–Kier alpha value is -1.22. The number of nitrogens with one attached hydrogen (secondary N) is 1. The van der Waals surface area contributed by atoms with E-state index in [0.717, 1.165) is 25.6 Å². The number of aromatic hydroxyl groups is 1. The van der Waals surface area contributed by atoms with Gasteiger partial charge in [0.2, 0.25) is 0 Å². The van der Waals surface area contributed by atoms with Crippen LogP contribution in [0.2, 0.25) is 0 Å². The summed E-state index contributed by atoms with van der Waals surface area (Å²) in [5.41, 5.74) is 3.07. The van der Waals surface area contributed by atoms with E-state index in [9.17, 15) is 9.90 Å². The van der Waals surface area contributed by atoms with Gasteiger partial charge in [-0.15, -0.1) is 0 Å². The molecule has 0 aliphatic heterocycles. The SMILES string of the molecule is CC(C)c1cc(Cc2c(Br)cc(OCC(=O)NCCSO)cc2Br)ccc1O. The summed E-state index contributed by atoms with van der Waals surface area (Å²) in [6.07, 6.45) is 0.681. The second kappa shape index (κ2) is 11.1. The van der Waals surface area contributed by atoms with Crippen molar-refractivity contribution >= 4 is 49.8 Å². The minimum atomic E-state index is -0.240. The molecule has 0 radical (unpaired) electrons. The second-order valence-corrected chi connectivity index (χ2v) is 8.94. The Balaban J connectivity index is 2.08. The van der Waals surface area contributed by atoms with Gasteiger partial charge >= 0.3 is 0 Å². The lowest BCUT2D eigenvalue weighted by Gasteiger charge is -2.14. The maximum atomic E-state index is 11.7. The van der Waals surface area contributed by atoms with E-state index in [1.54, 1.807) is 6.07 Å². The van der Waals surface area contributed by atoms with Gasteiger partial charge in [-0.3, -0.25) is 4.79 Å². The van der Waals surface area contributed by atoms with E-state index < -0.39 is 0 Å². The zero-order chi connectivity index (χ0) is 20.7. The molecule has 0 fully saturated rings. The van der Waals surface area contributed by atoms with Crippen LogP contribution in [0, 0.1) is 0 Å². The predicted octanol–water partition coefficient (Wildman–Crippen LogP) is 5.33. The first-order valence-corrected chi connectivity index (χ1v) is 11.3. The molecule has 0 unspecified atom stereocenters. The molecule has 28 heavy (non-hydrogen) atoms. The topological polar surface area (TPSA) is 78.8 Å². The number of halogens is 2. The lowest BCUT2D eigenvalue weighted by atomic mass is 9.96. The number of carbonyl (C=O) groups is 1. The number of phenols is 1. The van der Waals surface area contributed by atoms with E-state index in [1.165, 1.54) is 0 Å². The molecule has 2 aromatic carbocycles. The van der Waals surface area contributed by atoms with Crippen LogP contribution in [0.1, 0.15) is 36.5 Å². The number of carbonyl (C=O) groups excluding carboxylic acids is 1. The molecular formula is C20H23Br2NO4S. The Morgan fingerprint density at radius 1 is 1.21 bits per heavy atom. The van der Waals surface area contributed by atoms with Gasteiger partial charge in [0.1, 0.15) is 11.5 Å². The van der Waals surface area contributed by atoms with Crippen molar-refractivity contribution in [2.45, 2.75) is 26.2 Å². The summed E-state index contributed by atoms with van der Waals surface area (Å²) >= 11 is 7.86. The summed E-state index contributed by atoms with van der Waals surface area (Å²) in [5.74, 6) is 1.33. The number of ether oxygens (including phenoxy) is 1. The fraction of sp³-hybridized carbons (Fsp3) is 0.350. The highest BCUT2D eigenvalue weighted by Gasteiger charge is 2.13. The molecule has 0 saturated carbocycles. The Kier molecular flexibility index (Phi) is 9.14. The van der Waals surface area contributed by atoms with Crippen LogP contribution in [0.4, 0.5) is 0 Å². The quantitative estimate of drug-likeness (QED) is 0.300. The molecule has 0 aliphatic carbocycles. The molecule has 0 saturated heterocycles. The minimum absolute atomic E-state index is 0.0932. The number of hydrogen-bond donors (Lipinski definition) is 3. The largest absolute Gasteiger partial charge is 0.508 e. The van der Waals surface area contributed by atoms with Crippen LogP contribution >= 0.6 is 43.9 Å². The number of rotatable bonds is 9. The molecule has 2 aromatic rings. The van der Waals surface area contributed by atoms with Gasteiger partial charge in [0.05, 0.1) is 0 Å². The summed E-state index contributed by atoms with van der Waals surface area (Å²) in [4.78, 5) is 11.7. The van der Waals surface area contributed by atoms with E-state index in [1.807, 2.05) is 24.3 Å². The van der Waals surface area contributed by atoms with E-state index >= 15 is 0 Å². The average molecular weight is 533 g/mol. The van der Waals surface area contributed by atoms with Gasteiger partial charge < -0.3 is 19.7 Å². The third-order valence-electron chi connectivity index (χ3n) is 4.09. The normalized spacial score (nSPS) is 10.9. The van der Waals surface area contributed by atoms with Gasteiger partial charge in [0.25, 0.3) is 5.91 Å². The maximum absolute atomic E-state index is 11.7. The Bertz CT molecular complexity index is 807. The van der Waals surface area contributed by atoms with Crippen molar-refractivity contribution in [1.29, 1.82) is 0 Å². The summed E-state index contributed by atoms with van der Waals surface area (Å²) in [7, 11) is 0. The molecule has 152 valence electrons. The van der Waals surface area contributed by atoms with Gasteiger partial charge in [0, 0.05) is 21.2 Å². The van der Waals surface area contributed by atoms with Crippen molar-refractivity contribution in [3.05, 3.63) is 56.0 Å².